The lowest BCUT2D eigenvalue weighted by atomic mass is 9.59. The fourth-order valence-electron chi connectivity index (χ4n) is 8.35. The summed E-state index contributed by atoms with van der Waals surface area (Å²) in [5.74, 6) is 0.836. The molecule has 1 spiro atoms. The number of benzene rings is 2. The minimum absolute atomic E-state index is 0.183. The Labute approximate surface area is 271 Å². The Bertz CT molecular complexity index is 1550. The van der Waals surface area contributed by atoms with Gasteiger partial charge in [-0.3, -0.25) is 4.98 Å². The summed E-state index contributed by atoms with van der Waals surface area (Å²) in [4.78, 5) is 17.3. The lowest BCUT2D eigenvalue weighted by molar-refractivity contribution is -0.144. The maximum absolute atomic E-state index is 12.8. The van der Waals surface area contributed by atoms with Gasteiger partial charge in [0.25, 0.3) is 0 Å². The van der Waals surface area contributed by atoms with Crippen molar-refractivity contribution in [2.75, 3.05) is 11.9 Å². The van der Waals surface area contributed by atoms with Crippen molar-refractivity contribution >= 4 is 23.3 Å². The highest BCUT2D eigenvalue weighted by molar-refractivity contribution is 6.30. The van der Waals surface area contributed by atoms with Gasteiger partial charge in [-0.25, -0.2) is 4.79 Å². The number of ether oxygens (including phenoxy) is 1. The summed E-state index contributed by atoms with van der Waals surface area (Å²) in [6, 6.07) is 15.6. The second kappa shape index (κ2) is 12.6. The monoisotopic (exact) mass is 632 g/mol. The van der Waals surface area contributed by atoms with Gasteiger partial charge in [0.1, 0.15) is 11.3 Å². The molecule has 1 saturated carbocycles. The van der Waals surface area contributed by atoms with Crippen molar-refractivity contribution in [3.05, 3.63) is 87.7 Å². The highest BCUT2D eigenvalue weighted by atomic mass is 35.5. The van der Waals surface area contributed by atoms with Gasteiger partial charge >= 0.3 is 5.97 Å². The lowest BCUT2D eigenvalue weighted by Crippen LogP contribution is -2.53. The number of aliphatic hydroxyl groups excluding tert-OH is 2. The van der Waals surface area contributed by atoms with Crippen LogP contribution < -0.4 is 10.1 Å². The molecule has 7 nitrogen and oxygen atoms in total. The van der Waals surface area contributed by atoms with E-state index in [4.69, 9.17) is 16.3 Å². The molecule has 1 heterocycles. The van der Waals surface area contributed by atoms with Crippen molar-refractivity contribution in [2.45, 2.75) is 101 Å². The number of rotatable bonds is 9. The lowest BCUT2D eigenvalue weighted by Gasteiger charge is -2.47. The normalized spacial score (nSPS) is 28.6. The van der Waals surface area contributed by atoms with Gasteiger partial charge in [-0.2, -0.15) is 0 Å². The number of aliphatic hydroxyl groups is 2. The molecule has 0 saturated heterocycles. The first kappa shape index (κ1) is 31.8. The van der Waals surface area contributed by atoms with Crippen molar-refractivity contribution in [1.29, 1.82) is 0 Å². The van der Waals surface area contributed by atoms with Crippen LogP contribution in [0.15, 0.2) is 54.7 Å². The van der Waals surface area contributed by atoms with Crippen LogP contribution in [0.3, 0.4) is 0 Å². The third kappa shape index (κ3) is 6.07. The smallest absolute Gasteiger partial charge is 0.329 e. The van der Waals surface area contributed by atoms with Crippen LogP contribution in [-0.2, 0) is 16.6 Å². The van der Waals surface area contributed by atoms with E-state index >= 15 is 0 Å². The van der Waals surface area contributed by atoms with Crippen LogP contribution in [0, 0.1) is 11.8 Å². The Morgan fingerprint density at radius 1 is 1.11 bits per heavy atom. The summed E-state index contributed by atoms with van der Waals surface area (Å²) >= 11 is 6.23. The minimum atomic E-state index is -1.08. The Morgan fingerprint density at radius 2 is 1.89 bits per heavy atom. The van der Waals surface area contributed by atoms with Crippen LogP contribution in [0.25, 0.3) is 0 Å². The van der Waals surface area contributed by atoms with Crippen molar-refractivity contribution in [2.24, 2.45) is 11.8 Å². The average Bonchev–Trinajstić information content (AvgIpc) is 3.30. The molecule has 1 fully saturated rings. The Hall–Kier alpha value is -3.13. The van der Waals surface area contributed by atoms with Gasteiger partial charge in [0.05, 0.1) is 24.5 Å². The summed E-state index contributed by atoms with van der Waals surface area (Å²) < 4.78 is 6.46. The maximum Gasteiger partial charge on any atom is 0.329 e. The van der Waals surface area contributed by atoms with Crippen molar-refractivity contribution < 1.29 is 24.9 Å². The average molecular weight is 633 g/mol. The molecule has 2 aromatic carbocycles. The maximum atomic E-state index is 12.8. The second-order valence-corrected chi connectivity index (χ2v) is 14.4. The van der Waals surface area contributed by atoms with E-state index in [9.17, 15) is 20.1 Å². The third-order valence-corrected chi connectivity index (χ3v) is 11.1. The fraction of sp³-hybridized carbons (Fsp3) is 0.514. The van der Waals surface area contributed by atoms with Crippen molar-refractivity contribution in [3.8, 4) is 5.75 Å². The molecular formula is C37H45ClN2O5. The minimum Gasteiger partial charge on any atom is -0.493 e. The Kier molecular flexibility index (Phi) is 8.90. The quantitative estimate of drug-likeness (QED) is 0.191. The number of hydrogen-bond acceptors (Lipinski definition) is 6. The fourth-order valence-corrected chi connectivity index (χ4v) is 8.54. The number of nitrogens with zero attached hydrogens (tertiary/aromatic N) is 1. The first-order chi connectivity index (χ1) is 21.5. The van der Waals surface area contributed by atoms with Gasteiger partial charge in [0, 0.05) is 22.5 Å². The number of aliphatic carboxylic acids is 1. The zero-order chi connectivity index (χ0) is 31.9. The first-order valence-corrected chi connectivity index (χ1v) is 16.8. The highest BCUT2D eigenvalue weighted by Gasteiger charge is 2.54. The molecule has 4 N–H and O–H groups in total. The van der Waals surface area contributed by atoms with Gasteiger partial charge in [0.15, 0.2) is 0 Å². The zero-order valence-electron chi connectivity index (χ0n) is 26.4. The second-order valence-electron chi connectivity index (χ2n) is 13.9. The Balaban J connectivity index is 1.24. The molecule has 2 unspecified atom stereocenters. The molecular weight excluding hydrogens is 588 g/mol. The van der Waals surface area contributed by atoms with Crippen LogP contribution in [-0.4, -0.2) is 38.4 Å². The van der Waals surface area contributed by atoms with E-state index in [1.54, 1.807) is 25.3 Å². The molecule has 0 bridgehead atoms. The zero-order valence-corrected chi connectivity index (χ0v) is 27.2. The van der Waals surface area contributed by atoms with Gasteiger partial charge in [-0.1, -0.05) is 49.7 Å². The SMILES string of the molecule is CC(O)c1ccc2c(c1)C1(CCC(Nc3cccc(Cl)c3)(C(=O)O)CC1)C(C[C@@H](C)COc1ccnc3c1[C@H](C)CC[C@H]3O)C2. The standard InChI is InChI=1S/C37H45ClN2O5/c1-22(21-45-32-11-16-39-34-31(42)10-7-23(2)33(32)34)17-27-18-26-9-8-25(24(3)41)19-30(26)36(27)12-14-37(15-13-36,35(43)44)40-29-6-4-5-28(38)20-29/h4-6,8-9,11,16,19-20,22-24,27,31,40-42H,7,10,12-15,17-18,21H2,1-3H3,(H,43,44)/t22-,23-,24?,27?,31-,36?,37?/m1/s1. The number of carbonyl (C=O) groups is 1. The molecule has 3 aromatic rings. The highest BCUT2D eigenvalue weighted by Crippen LogP contribution is 2.56. The van der Waals surface area contributed by atoms with E-state index in [1.807, 2.05) is 24.3 Å². The molecule has 0 amide bonds. The number of carboxylic acid groups (broad SMARTS) is 1. The number of nitrogens with one attached hydrogen (secondary N) is 1. The summed E-state index contributed by atoms with van der Waals surface area (Å²) in [6.45, 7) is 6.75. The van der Waals surface area contributed by atoms with E-state index in [0.717, 1.165) is 61.1 Å². The van der Waals surface area contributed by atoms with E-state index in [1.165, 1.54) is 11.1 Å². The molecule has 3 aliphatic rings. The number of carboxylic acids is 1. The summed E-state index contributed by atoms with van der Waals surface area (Å²) in [7, 11) is 0. The molecule has 240 valence electrons. The molecule has 0 radical (unpaired) electrons. The van der Waals surface area contributed by atoms with Crippen LogP contribution in [0.1, 0.15) is 112 Å². The summed E-state index contributed by atoms with van der Waals surface area (Å²) in [5.41, 5.74) is 4.69. The van der Waals surface area contributed by atoms with E-state index in [2.05, 4.69) is 36.3 Å². The third-order valence-electron chi connectivity index (χ3n) is 10.9. The largest absolute Gasteiger partial charge is 0.493 e. The number of hydrogen-bond donors (Lipinski definition) is 4. The summed E-state index contributed by atoms with van der Waals surface area (Å²) in [6.07, 6.45) is 6.54. The number of anilines is 1. The molecule has 5 atom stereocenters. The van der Waals surface area contributed by atoms with Crippen molar-refractivity contribution in [1.82, 2.24) is 4.98 Å². The van der Waals surface area contributed by atoms with Crippen LogP contribution in [0.2, 0.25) is 5.02 Å². The molecule has 6 rings (SSSR count). The molecule has 1 aromatic heterocycles. The predicted octanol–water partition coefficient (Wildman–Crippen LogP) is 7.74. The van der Waals surface area contributed by atoms with Crippen LogP contribution in [0.4, 0.5) is 5.69 Å². The number of halogens is 1. The Morgan fingerprint density at radius 3 is 2.60 bits per heavy atom. The van der Waals surface area contributed by atoms with Gasteiger partial charge in [-0.15, -0.1) is 0 Å². The van der Waals surface area contributed by atoms with Gasteiger partial charge in [-0.05, 0) is 122 Å². The van der Waals surface area contributed by atoms with E-state index in [-0.39, 0.29) is 17.3 Å². The van der Waals surface area contributed by atoms with Crippen LogP contribution >= 0.6 is 11.6 Å². The van der Waals surface area contributed by atoms with Gasteiger partial charge < -0.3 is 25.4 Å². The first-order valence-electron chi connectivity index (χ1n) is 16.4. The van der Waals surface area contributed by atoms with Crippen molar-refractivity contribution in [3.63, 3.8) is 0 Å². The number of fused-ring (bicyclic) bond motifs is 3. The number of pyridine rings is 1. The van der Waals surface area contributed by atoms with Gasteiger partial charge in [0.2, 0.25) is 0 Å². The molecule has 45 heavy (non-hydrogen) atoms. The summed E-state index contributed by atoms with van der Waals surface area (Å²) in [5, 5.41) is 35.4. The van der Waals surface area contributed by atoms with E-state index in [0.29, 0.717) is 36.1 Å². The predicted molar refractivity (Wildman–Crippen MR) is 176 cm³/mol. The van der Waals surface area contributed by atoms with Crippen LogP contribution in [0.5, 0.6) is 5.75 Å². The topological polar surface area (TPSA) is 112 Å². The molecule has 8 heteroatoms. The van der Waals surface area contributed by atoms with E-state index < -0.39 is 23.7 Å². The molecule has 3 aliphatic carbocycles. The molecule has 0 aliphatic heterocycles. The number of aromatic nitrogens is 1.